The third-order valence-corrected chi connectivity index (χ3v) is 1.82. The van der Waals surface area contributed by atoms with Gasteiger partial charge in [-0.3, -0.25) is 0 Å². The van der Waals surface area contributed by atoms with Gasteiger partial charge in [0.15, 0.2) is 0 Å². The molecule has 3 nitrogen and oxygen atoms in total. The van der Waals surface area contributed by atoms with Crippen LogP contribution in [0.1, 0.15) is 0 Å². The lowest BCUT2D eigenvalue weighted by Crippen LogP contribution is -1.90. The second-order valence-corrected chi connectivity index (χ2v) is 2.72. The molecule has 0 fully saturated rings. The van der Waals surface area contributed by atoms with E-state index in [9.17, 15) is 0 Å². The zero-order valence-electron chi connectivity index (χ0n) is 6.30. The van der Waals surface area contributed by atoms with Crippen molar-refractivity contribution in [3.05, 3.63) is 16.7 Å². The quantitative estimate of drug-likeness (QED) is 0.759. The summed E-state index contributed by atoms with van der Waals surface area (Å²) in [5, 5.41) is 0. The van der Waals surface area contributed by atoms with E-state index in [0.29, 0.717) is 5.88 Å². The lowest BCUT2D eigenvalue weighted by atomic mass is 10.4. The lowest BCUT2D eigenvalue weighted by Gasteiger charge is -2.03. The number of aromatic nitrogens is 1. The van der Waals surface area contributed by atoms with Crippen molar-refractivity contribution in [3.63, 3.8) is 0 Å². The molecule has 1 heterocycles. The SMILES string of the molecule is COc1cc(OC)c(Br)cn1. The van der Waals surface area contributed by atoms with Gasteiger partial charge in [-0.15, -0.1) is 0 Å². The Hall–Kier alpha value is -0.770. The third-order valence-electron chi connectivity index (χ3n) is 1.22. The Balaban J connectivity index is 3.02. The molecule has 0 aliphatic heterocycles. The van der Waals surface area contributed by atoms with Crippen molar-refractivity contribution in [2.45, 2.75) is 0 Å². The zero-order valence-corrected chi connectivity index (χ0v) is 7.88. The monoisotopic (exact) mass is 217 g/mol. The van der Waals surface area contributed by atoms with Crippen LogP contribution in [0.5, 0.6) is 11.6 Å². The number of halogens is 1. The van der Waals surface area contributed by atoms with E-state index < -0.39 is 0 Å². The molecule has 0 aliphatic rings. The van der Waals surface area contributed by atoms with Crippen molar-refractivity contribution >= 4 is 15.9 Å². The minimum atomic E-state index is 0.546. The first-order chi connectivity index (χ1) is 5.27. The Morgan fingerprint density at radius 2 is 2.09 bits per heavy atom. The molecule has 0 saturated heterocycles. The Morgan fingerprint density at radius 1 is 1.36 bits per heavy atom. The first kappa shape index (κ1) is 8.33. The highest BCUT2D eigenvalue weighted by molar-refractivity contribution is 9.10. The minimum absolute atomic E-state index is 0.546. The summed E-state index contributed by atoms with van der Waals surface area (Å²) in [6.07, 6.45) is 1.64. The predicted molar refractivity (Wildman–Crippen MR) is 45.0 cm³/mol. The molecule has 1 aromatic heterocycles. The van der Waals surface area contributed by atoms with Crippen LogP contribution in [-0.4, -0.2) is 19.2 Å². The maximum atomic E-state index is 5.02. The predicted octanol–water partition coefficient (Wildman–Crippen LogP) is 1.86. The maximum Gasteiger partial charge on any atom is 0.216 e. The van der Waals surface area contributed by atoms with Gasteiger partial charge in [-0.2, -0.15) is 0 Å². The molecule has 0 aliphatic carbocycles. The van der Waals surface area contributed by atoms with Gasteiger partial charge in [-0.25, -0.2) is 4.98 Å². The van der Waals surface area contributed by atoms with Crippen LogP contribution in [0, 0.1) is 0 Å². The van der Waals surface area contributed by atoms with Crippen molar-refractivity contribution in [3.8, 4) is 11.6 Å². The van der Waals surface area contributed by atoms with Crippen LogP contribution in [0.4, 0.5) is 0 Å². The third kappa shape index (κ3) is 1.83. The second-order valence-electron chi connectivity index (χ2n) is 1.86. The fraction of sp³-hybridized carbons (Fsp3) is 0.286. The number of hydrogen-bond acceptors (Lipinski definition) is 3. The largest absolute Gasteiger partial charge is 0.495 e. The van der Waals surface area contributed by atoms with E-state index in [1.807, 2.05) is 0 Å². The summed E-state index contributed by atoms with van der Waals surface area (Å²) in [5.41, 5.74) is 0. The molecule has 0 amide bonds. The van der Waals surface area contributed by atoms with Crippen molar-refractivity contribution in [1.29, 1.82) is 0 Å². The van der Waals surface area contributed by atoms with E-state index in [0.717, 1.165) is 10.2 Å². The molecule has 4 heteroatoms. The summed E-state index contributed by atoms with van der Waals surface area (Å²) in [4.78, 5) is 3.96. The van der Waals surface area contributed by atoms with Gasteiger partial charge >= 0.3 is 0 Å². The lowest BCUT2D eigenvalue weighted by molar-refractivity contribution is 0.381. The van der Waals surface area contributed by atoms with E-state index in [1.165, 1.54) is 0 Å². The molecule has 0 N–H and O–H groups in total. The fourth-order valence-corrected chi connectivity index (χ4v) is 1.05. The molecule has 1 aromatic rings. The van der Waals surface area contributed by atoms with Gasteiger partial charge in [0.05, 0.1) is 18.7 Å². The maximum absolute atomic E-state index is 5.02. The number of nitrogens with zero attached hydrogens (tertiary/aromatic N) is 1. The normalized spacial score (nSPS) is 9.36. The van der Waals surface area contributed by atoms with Crippen molar-refractivity contribution in [2.75, 3.05) is 14.2 Å². The highest BCUT2D eigenvalue weighted by atomic mass is 79.9. The van der Waals surface area contributed by atoms with Crippen LogP contribution >= 0.6 is 15.9 Å². The molecule has 0 radical (unpaired) electrons. The van der Waals surface area contributed by atoms with Gasteiger partial charge in [0, 0.05) is 12.3 Å². The van der Waals surface area contributed by atoms with Crippen molar-refractivity contribution in [2.24, 2.45) is 0 Å². The van der Waals surface area contributed by atoms with Crippen LogP contribution in [0.15, 0.2) is 16.7 Å². The topological polar surface area (TPSA) is 31.4 Å². The summed E-state index contributed by atoms with van der Waals surface area (Å²) < 4.78 is 10.7. The molecule has 0 aromatic carbocycles. The van der Waals surface area contributed by atoms with E-state index in [1.54, 1.807) is 26.5 Å². The molecule has 11 heavy (non-hydrogen) atoms. The second kappa shape index (κ2) is 3.57. The smallest absolute Gasteiger partial charge is 0.216 e. The summed E-state index contributed by atoms with van der Waals surface area (Å²) in [5.74, 6) is 1.27. The van der Waals surface area contributed by atoms with Gasteiger partial charge in [-0.1, -0.05) is 0 Å². The average molecular weight is 218 g/mol. The Bertz CT molecular complexity index is 252. The summed E-state index contributed by atoms with van der Waals surface area (Å²) in [6.45, 7) is 0. The minimum Gasteiger partial charge on any atom is -0.495 e. The zero-order chi connectivity index (χ0) is 8.27. The summed E-state index contributed by atoms with van der Waals surface area (Å²) >= 11 is 3.28. The van der Waals surface area contributed by atoms with Crippen LogP contribution in [0.3, 0.4) is 0 Å². The first-order valence-electron chi connectivity index (χ1n) is 3.01. The molecule has 0 bridgehead atoms. The van der Waals surface area contributed by atoms with Gasteiger partial charge in [0.2, 0.25) is 5.88 Å². The molecular formula is C7H8BrNO2. The van der Waals surface area contributed by atoms with Crippen LogP contribution in [-0.2, 0) is 0 Å². The van der Waals surface area contributed by atoms with E-state index >= 15 is 0 Å². The molecule has 0 unspecified atom stereocenters. The fourth-order valence-electron chi connectivity index (χ4n) is 0.670. The Morgan fingerprint density at radius 3 is 2.64 bits per heavy atom. The van der Waals surface area contributed by atoms with E-state index in [2.05, 4.69) is 20.9 Å². The molecule has 1 rings (SSSR count). The highest BCUT2D eigenvalue weighted by Crippen LogP contribution is 2.26. The number of rotatable bonds is 2. The highest BCUT2D eigenvalue weighted by Gasteiger charge is 2.01. The van der Waals surface area contributed by atoms with E-state index in [-0.39, 0.29) is 0 Å². The van der Waals surface area contributed by atoms with Gasteiger partial charge < -0.3 is 9.47 Å². The molecule has 0 saturated carbocycles. The number of hydrogen-bond donors (Lipinski definition) is 0. The van der Waals surface area contributed by atoms with Gasteiger partial charge in [-0.05, 0) is 15.9 Å². The molecule has 60 valence electrons. The standard InChI is InChI=1S/C7H8BrNO2/c1-10-6-3-7(11-2)9-4-5(6)8/h3-4H,1-2H3. The van der Waals surface area contributed by atoms with Crippen molar-refractivity contribution in [1.82, 2.24) is 4.98 Å². The summed E-state index contributed by atoms with van der Waals surface area (Å²) in [7, 11) is 3.16. The molecular weight excluding hydrogens is 210 g/mol. The van der Waals surface area contributed by atoms with Crippen LogP contribution < -0.4 is 9.47 Å². The average Bonchev–Trinajstić information content (AvgIpc) is 2.05. The Labute approximate surface area is 73.5 Å². The van der Waals surface area contributed by atoms with Crippen LogP contribution in [0.2, 0.25) is 0 Å². The molecule has 0 spiro atoms. The number of ether oxygens (including phenoxy) is 2. The first-order valence-corrected chi connectivity index (χ1v) is 3.80. The number of methoxy groups -OCH3 is 2. The number of pyridine rings is 1. The van der Waals surface area contributed by atoms with Crippen LogP contribution in [0.25, 0.3) is 0 Å². The summed E-state index contributed by atoms with van der Waals surface area (Å²) in [6, 6.07) is 1.71. The van der Waals surface area contributed by atoms with Gasteiger partial charge in [0.25, 0.3) is 0 Å². The Kier molecular flexibility index (Phi) is 2.70. The van der Waals surface area contributed by atoms with E-state index in [4.69, 9.17) is 9.47 Å². The van der Waals surface area contributed by atoms with Gasteiger partial charge in [0.1, 0.15) is 5.75 Å². The van der Waals surface area contributed by atoms with Crippen molar-refractivity contribution < 1.29 is 9.47 Å². The molecule has 0 atom stereocenters.